The molecule has 0 spiro atoms. The number of fused-ring (bicyclic) bond motifs is 1. The molecule has 0 bridgehead atoms. The van der Waals surface area contributed by atoms with Crippen LogP contribution in [0.5, 0.6) is 0 Å². The minimum absolute atomic E-state index is 0.863. The van der Waals surface area contributed by atoms with Crippen LogP contribution in [0.3, 0.4) is 0 Å². The Balaban J connectivity index is 1.97. The minimum Gasteiger partial charge on any atom is -0.326 e. The van der Waals surface area contributed by atoms with E-state index in [0.29, 0.717) is 0 Å². The van der Waals surface area contributed by atoms with E-state index in [9.17, 15) is 0 Å². The van der Waals surface area contributed by atoms with E-state index in [1.807, 2.05) is 48.2 Å². The molecule has 3 aromatic rings. The van der Waals surface area contributed by atoms with Crippen molar-refractivity contribution in [3.05, 3.63) is 59.9 Å². The van der Waals surface area contributed by atoms with Gasteiger partial charge in [0.2, 0.25) is 0 Å². The molecule has 3 nitrogen and oxygen atoms in total. The summed E-state index contributed by atoms with van der Waals surface area (Å²) < 4.78 is 2.05. The van der Waals surface area contributed by atoms with Crippen LogP contribution in [-0.4, -0.2) is 15.8 Å². The maximum absolute atomic E-state index is 4.56. The van der Waals surface area contributed by atoms with Gasteiger partial charge in [0, 0.05) is 7.05 Å². The van der Waals surface area contributed by atoms with Crippen LogP contribution >= 0.6 is 0 Å². The molecule has 0 fully saturated rings. The SMILES string of the molecule is Cc1ccc(N=Cc2nc3ccccc3n2C)cc1. The predicted molar refractivity (Wildman–Crippen MR) is 79.1 cm³/mol. The summed E-state index contributed by atoms with van der Waals surface area (Å²) >= 11 is 0. The van der Waals surface area contributed by atoms with Crippen LogP contribution in [0.25, 0.3) is 11.0 Å². The molecule has 3 heteroatoms. The molecule has 0 saturated heterocycles. The number of hydrogen-bond acceptors (Lipinski definition) is 2. The molecule has 19 heavy (non-hydrogen) atoms. The number of aryl methyl sites for hydroxylation is 2. The Bertz CT molecular complexity index is 736. The van der Waals surface area contributed by atoms with Gasteiger partial charge in [-0.15, -0.1) is 0 Å². The van der Waals surface area contributed by atoms with Gasteiger partial charge in [-0.3, -0.25) is 4.99 Å². The summed E-state index contributed by atoms with van der Waals surface area (Å²) in [7, 11) is 2.01. The Morgan fingerprint density at radius 3 is 2.53 bits per heavy atom. The van der Waals surface area contributed by atoms with Crippen molar-refractivity contribution in [2.75, 3.05) is 0 Å². The average Bonchev–Trinajstić information content (AvgIpc) is 2.76. The molecule has 0 aliphatic carbocycles. The second kappa shape index (κ2) is 4.69. The van der Waals surface area contributed by atoms with Crippen LogP contribution in [0.1, 0.15) is 11.4 Å². The summed E-state index contributed by atoms with van der Waals surface area (Å²) in [5, 5.41) is 0. The van der Waals surface area contributed by atoms with Gasteiger partial charge in [0.1, 0.15) is 0 Å². The van der Waals surface area contributed by atoms with E-state index < -0.39 is 0 Å². The zero-order valence-corrected chi connectivity index (χ0v) is 11.0. The van der Waals surface area contributed by atoms with Crippen LogP contribution in [0, 0.1) is 6.92 Å². The number of hydrogen-bond donors (Lipinski definition) is 0. The highest BCUT2D eigenvalue weighted by molar-refractivity contribution is 5.86. The molecule has 0 saturated carbocycles. The highest BCUT2D eigenvalue weighted by Gasteiger charge is 2.03. The summed E-state index contributed by atoms with van der Waals surface area (Å²) in [5.74, 6) is 0.863. The molecule has 0 radical (unpaired) electrons. The van der Waals surface area contributed by atoms with Gasteiger partial charge in [0.15, 0.2) is 5.82 Å². The van der Waals surface area contributed by atoms with E-state index in [4.69, 9.17) is 0 Å². The maximum atomic E-state index is 4.56. The molecule has 0 atom stereocenters. The third-order valence-corrected chi connectivity index (χ3v) is 3.18. The number of benzene rings is 2. The Hall–Kier alpha value is -2.42. The van der Waals surface area contributed by atoms with Crippen molar-refractivity contribution in [2.24, 2.45) is 12.0 Å². The molecular formula is C16H15N3. The number of para-hydroxylation sites is 2. The zero-order chi connectivity index (χ0) is 13.2. The van der Waals surface area contributed by atoms with Crippen molar-refractivity contribution in [1.29, 1.82) is 0 Å². The number of aromatic nitrogens is 2. The van der Waals surface area contributed by atoms with Crippen LogP contribution in [0.15, 0.2) is 53.5 Å². The highest BCUT2D eigenvalue weighted by atomic mass is 15.1. The van der Waals surface area contributed by atoms with Gasteiger partial charge in [-0.25, -0.2) is 4.98 Å². The fourth-order valence-electron chi connectivity index (χ4n) is 2.04. The van der Waals surface area contributed by atoms with Gasteiger partial charge in [-0.05, 0) is 31.2 Å². The molecular weight excluding hydrogens is 234 g/mol. The van der Waals surface area contributed by atoms with Crippen molar-refractivity contribution in [3.63, 3.8) is 0 Å². The Morgan fingerprint density at radius 1 is 1.05 bits per heavy atom. The highest BCUT2D eigenvalue weighted by Crippen LogP contribution is 2.15. The zero-order valence-electron chi connectivity index (χ0n) is 11.0. The molecule has 1 heterocycles. The van der Waals surface area contributed by atoms with E-state index >= 15 is 0 Å². The number of imidazole rings is 1. The minimum atomic E-state index is 0.863. The number of nitrogens with zero attached hydrogens (tertiary/aromatic N) is 3. The summed E-state index contributed by atoms with van der Waals surface area (Å²) in [6.07, 6.45) is 1.81. The summed E-state index contributed by atoms with van der Waals surface area (Å²) in [6.45, 7) is 2.07. The first kappa shape index (κ1) is 11.7. The van der Waals surface area contributed by atoms with E-state index in [-0.39, 0.29) is 0 Å². The van der Waals surface area contributed by atoms with E-state index in [1.165, 1.54) is 5.56 Å². The normalized spacial score (nSPS) is 11.5. The van der Waals surface area contributed by atoms with Crippen molar-refractivity contribution in [3.8, 4) is 0 Å². The topological polar surface area (TPSA) is 30.2 Å². The van der Waals surface area contributed by atoms with Crippen molar-refractivity contribution in [1.82, 2.24) is 9.55 Å². The van der Waals surface area contributed by atoms with E-state index in [2.05, 4.69) is 35.1 Å². The number of aliphatic imine (C=N–C) groups is 1. The Morgan fingerprint density at radius 2 is 1.79 bits per heavy atom. The van der Waals surface area contributed by atoms with E-state index in [1.54, 1.807) is 0 Å². The molecule has 94 valence electrons. The van der Waals surface area contributed by atoms with Crippen molar-refractivity contribution < 1.29 is 0 Å². The third-order valence-electron chi connectivity index (χ3n) is 3.18. The van der Waals surface area contributed by atoms with Crippen molar-refractivity contribution >= 4 is 22.9 Å². The molecule has 2 aromatic carbocycles. The Labute approximate surface area is 112 Å². The quantitative estimate of drug-likeness (QED) is 0.638. The molecule has 0 N–H and O–H groups in total. The summed E-state index contributed by atoms with van der Waals surface area (Å²) in [4.78, 5) is 9.02. The first-order valence-corrected chi connectivity index (χ1v) is 6.26. The summed E-state index contributed by atoms with van der Waals surface area (Å²) in [6, 6.07) is 16.2. The second-order valence-electron chi connectivity index (χ2n) is 4.61. The largest absolute Gasteiger partial charge is 0.326 e. The lowest BCUT2D eigenvalue weighted by Gasteiger charge is -1.97. The molecule has 0 amide bonds. The van der Waals surface area contributed by atoms with Gasteiger partial charge < -0.3 is 4.57 Å². The standard InChI is InChI=1S/C16H15N3/c1-12-7-9-13(10-8-12)17-11-16-18-14-5-3-4-6-15(14)19(16)2/h3-11H,1-2H3. The monoisotopic (exact) mass is 249 g/mol. The van der Waals surface area contributed by atoms with Gasteiger partial charge in [-0.1, -0.05) is 29.8 Å². The first-order chi connectivity index (χ1) is 9.24. The lowest BCUT2D eigenvalue weighted by molar-refractivity contribution is 0.935. The van der Waals surface area contributed by atoms with Gasteiger partial charge >= 0.3 is 0 Å². The lowest BCUT2D eigenvalue weighted by atomic mass is 10.2. The number of rotatable bonds is 2. The molecule has 0 unspecified atom stereocenters. The third kappa shape index (κ3) is 2.27. The maximum Gasteiger partial charge on any atom is 0.152 e. The molecule has 0 aliphatic heterocycles. The van der Waals surface area contributed by atoms with Gasteiger partial charge in [0.05, 0.1) is 22.9 Å². The molecule has 3 rings (SSSR count). The van der Waals surface area contributed by atoms with Crippen molar-refractivity contribution in [2.45, 2.75) is 6.92 Å². The lowest BCUT2D eigenvalue weighted by Crippen LogP contribution is -1.95. The smallest absolute Gasteiger partial charge is 0.152 e. The van der Waals surface area contributed by atoms with Gasteiger partial charge in [0.25, 0.3) is 0 Å². The second-order valence-corrected chi connectivity index (χ2v) is 4.61. The van der Waals surface area contributed by atoms with Gasteiger partial charge in [-0.2, -0.15) is 0 Å². The molecule has 1 aromatic heterocycles. The molecule has 0 aliphatic rings. The van der Waals surface area contributed by atoms with Crippen LogP contribution in [-0.2, 0) is 7.05 Å². The summed E-state index contributed by atoms with van der Waals surface area (Å²) in [5.41, 5.74) is 4.29. The first-order valence-electron chi connectivity index (χ1n) is 6.26. The van der Waals surface area contributed by atoms with E-state index in [0.717, 1.165) is 22.5 Å². The fraction of sp³-hybridized carbons (Fsp3) is 0.125. The Kier molecular flexibility index (Phi) is 2.88. The van der Waals surface area contributed by atoms with Crippen LogP contribution in [0.2, 0.25) is 0 Å². The fourth-order valence-corrected chi connectivity index (χ4v) is 2.04. The van der Waals surface area contributed by atoms with Crippen LogP contribution in [0.4, 0.5) is 5.69 Å². The average molecular weight is 249 g/mol. The van der Waals surface area contributed by atoms with Crippen LogP contribution < -0.4 is 0 Å². The predicted octanol–water partition coefficient (Wildman–Crippen LogP) is 3.63.